The zero-order valence-corrected chi connectivity index (χ0v) is 12.3. The number of benzene rings is 1. The van der Waals surface area contributed by atoms with Crippen LogP contribution in [-0.2, 0) is 13.0 Å². The van der Waals surface area contributed by atoms with Crippen molar-refractivity contribution < 1.29 is 9.90 Å². The Labute approximate surface area is 123 Å². The molecule has 1 N–H and O–H groups in total. The molecule has 4 heteroatoms. The first kappa shape index (κ1) is 15.0. The molecule has 2 rings (SSSR count). The van der Waals surface area contributed by atoms with Crippen molar-refractivity contribution in [2.75, 3.05) is 0 Å². The molecule has 0 amide bonds. The minimum absolute atomic E-state index is 0.0987. The van der Waals surface area contributed by atoms with Gasteiger partial charge < -0.3 is 9.67 Å². The van der Waals surface area contributed by atoms with Crippen molar-refractivity contribution >= 4 is 5.97 Å². The Bertz CT molecular complexity index is 702. The zero-order chi connectivity index (χ0) is 15.4. The molecule has 1 aromatic carbocycles. The maximum absolute atomic E-state index is 12.0. The Kier molecular flexibility index (Phi) is 4.58. The van der Waals surface area contributed by atoms with Gasteiger partial charge in [0.05, 0.1) is 0 Å². The summed E-state index contributed by atoms with van der Waals surface area (Å²) in [6.07, 6.45) is 1.36. The van der Waals surface area contributed by atoms with Crippen molar-refractivity contribution in [2.45, 2.75) is 33.2 Å². The molecule has 0 radical (unpaired) electrons. The van der Waals surface area contributed by atoms with Crippen LogP contribution in [0.5, 0.6) is 0 Å². The lowest BCUT2D eigenvalue weighted by Gasteiger charge is -2.18. The van der Waals surface area contributed by atoms with E-state index >= 15 is 0 Å². The van der Waals surface area contributed by atoms with Crippen LogP contribution in [0.4, 0.5) is 0 Å². The number of aryl methyl sites for hydroxylation is 1. The SMILES string of the molecule is CCCc1c(C(=O)O)c(=O)cc(C)n1Cc1ccccc1. The Morgan fingerprint density at radius 3 is 2.48 bits per heavy atom. The summed E-state index contributed by atoms with van der Waals surface area (Å²) >= 11 is 0. The number of pyridine rings is 1. The number of hydrogen-bond donors (Lipinski definition) is 1. The van der Waals surface area contributed by atoms with Crippen LogP contribution in [0.2, 0.25) is 0 Å². The third kappa shape index (κ3) is 3.21. The van der Waals surface area contributed by atoms with Gasteiger partial charge in [-0.1, -0.05) is 43.7 Å². The molecule has 0 aliphatic rings. The zero-order valence-electron chi connectivity index (χ0n) is 12.3. The lowest BCUT2D eigenvalue weighted by atomic mass is 10.1. The molecule has 0 aliphatic carbocycles. The average molecular weight is 285 g/mol. The fourth-order valence-electron chi connectivity index (χ4n) is 2.54. The first-order valence-electron chi connectivity index (χ1n) is 7.05. The molecule has 0 bridgehead atoms. The second-order valence-corrected chi connectivity index (χ2v) is 5.10. The molecule has 0 saturated carbocycles. The van der Waals surface area contributed by atoms with E-state index in [0.29, 0.717) is 18.7 Å². The molecule has 1 aromatic heterocycles. The third-order valence-electron chi connectivity index (χ3n) is 3.51. The standard InChI is InChI=1S/C17H19NO3/c1-3-7-14-16(17(20)21)15(19)10-12(2)18(14)11-13-8-5-4-6-9-13/h4-6,8-10H,3,7,11H2,1-2H3,(H,20,21). The van der Waals surface area contributed by atoms with Gasteiger partial charge in [-0.15, -0.1) is 0 Å². The number of rotatable bonds is 5. The monoisotopic (exact) mass is 285 g/mol. The number of aromatic carboxylic acids is 1. The summed E-state index contributed by atoms with van der Waals surface area (Å²) in [6, 6.07) is 11.2. The molecule has 110 valence electrons. The van der Waals surface area contributed by atoms with Crippen molar-refractivity contribution in [3.63, 3.8) is 0 Å². The fourth-order valence-corrected chi connectivity index (χ4v) is 2.54. The van der Waals surface area contributed by atoms with Gasteiger partial charge in [-0.3, -0.25) is 4.79 Å². The second kappa shape index (κ2) is 6.39. The van der Waals surface area contributed by atoms with Crippen molar-refractivity contribution in [2.24, 2.45) is 0 Å². The van der Waals surface area contributed by atoms with Gasteiger partial charge in [0.1, 0.15) is 5.56 Å². The molecule has 21 heavy (non-hydrogen) atoms. The first-order chi connectivity index (χ1) is 10.0. The highest BCUT2D eigenvalue weighted by molar-refractivity contribution is 5.88. The van der Waals surface area contributed by atoms with E-state index in [1.807, 2.05) is 48.7 Å². The van der Waals surface area contributed by atoms with Crippen LogP contribution in [0.3, 0.4) is 0 Å². The Morgan fingerprint density at radius 2 is 1.90 bits per heavy atom. The highest BCUT2D eigenvalue weighted by Gasteiger charge is 2.18. The number of hydrogen-bond acceptors (Lipinski definition) is 2. The lowest BCUT2D eigenvalue weighted by molar-refractivity contribution is 0.0693. The second-order valence-electron chi connectivity index (χ2n) is 5.10. The fraction of sp³-hybridized carbons (Fsp3) is 0.294. The normalized spacial score (nSPS) is 10.6. The smallest absolute Gasteiger partial charge is 0.341 e. The van der Waals surface area contributed by atoms with Gasteiger partial charge in [-0.05, 0) is 18.9 Å². The minimum Gasteiger partial charge on any atom is -0.477 e. The molecule has 4 nitrogen and oxygen atoms in total. The van der Waals surface area contributed by atoms with Gasteiger partial charge in [0.25, 0.3) is 0 Å². The van der Waals surface area contributed by atoms with E-state index in [0.717, 1.165) is 17.7 Å². The largest absolute Gasteiger partial charge is 0.477 e. The number of carboxylic acids is 1. The van der Waals surface area contributed by atoms with Crippen LogP contribution < -0.4 is 5.43 Å². The molecular weight excluding hydrogens is 266 g/mol. The quantitative estimate of drug-likeness (QED) is 0.919. The van der Waals surface area contributed by atoms with Crippen LogP contribution in [0, 0.1) is 6.92 Å². The van der Waals surface area contributed by atoms with E-state index in [-0.39, 0.29) is 5.56 Å². The van der Waals surface area contributed by atoms with Crippen molar-refractivity contribution in [3.8, 4) is 0 Å². The molecule has 2 aromatic rings. The molecule has 1 heterocycles. The summed E-state index contributed by atoms with van der Waals surface area (Å²) in [5.41, 5.74) is 1.97. The molecular formula is C17H19NO3. The van der Waals surface area contributed by atoms with Gasteiger partial charge in [0, 0.05) is 24.0 Å². The number of carboxylic acid groups (broad SMARTS) is 1. The first-order valence-corrected chi connectivity index (χ1v) is 7.05. The average Bonchev–Trinajstić information content (AvgIpc) is 2.44. The van der Waals surface area contributed by atoms with E-state index < -0.39 is 11.4 Å². The van der Waals surface area contributed by atoms with E-state index in [1.165, 1.54) is 6.07 Å². The van der Waals surface area contributed by atoms with Crippen LogP contribution in [0.25, 0.3) is 0 Å². The topological polar surface area (TPSA) is 59.3 Å². The van der Waals surface area contributed by atoms with Gasteiger partial charge in [0.2, 0.25) is 0 Å². The molecule has 0 atom stereocenters. The maximum atomic E-state index is 12.0. The van der Waals surface area contributed by atoms with Gasteiger partial charge in [-0.25, -0.2) is 4.79 Å². The van der Waals surface area contributed by atoms with Crippen molar-refractivity contribution in [3.05, 3.63) is 69.1 Å². The van der Waals surface area contributed by atoms with Crippen LogP contribution in [0.15, 0.2) is 41.2 Å². The number of carbonyl (C=O) groups is 1. The number of aromatic nitrogens is 1. The van der Waals surface area contributed by atoms with Crippen LogP contribution in [0.1, 0.15) is 40.7 Å². The summed E-state index contributed by atoms with van der Waals surface area (Å²) in [6.45, 7) is 4.39. The molecule has 0 fully saturated rings. The molecule has 0 unspecified atom stereocenters. The molecule has 0 spiro atoms. The predicted molar refractivity (Wildman–Crippen MR) is 81.9 cm³/mol. The Balaban J connectivity index is 2.60. The molecule has 0 saturated heterocycles. The predicted octanol–water partition coefficient (Wildman–Crippen LogP) is 2.86. The van der Waals surface area contributed by atoms with E-state index in [9.17, 15) is 14.7 Å². The Hall–Kier alpha value is -2.36. The summed E-state index contributed by atoms with van der Waals surface area (Å²) in [4.78, 5) is 23.4. The van der Waals surface area contributed by atoms with Crippen LogP contribution in [-0.4, -0.2) is 15.6 Å². The van der Waals surface area contributed by atoms with Crippen LogP contribution >= 0.6 is 0 Å². The maximum Gasteiger partial charge on any atom is 0.341 e. The summed E-state index contributed by atoms with van der Waals surface area (Å²) in [5, 5.41) is 9.34. The highest BCUT2D eigenvalue weighted by Crippen LogP contribution is 2.14. The van der Waals surface area contributed by atoms with E-state index in [4.69, 9.17) is 0 Å². The van der Waals surface area contributed by atoms with Crippen molar-refractivity contribution in [1.29, 1.82) is 0 Å². The van der Waals surface area contributed by atoms with E-state index in [2.05, 4.69) is 0 Å². The third-order valence-corrected chi connectivity index (χ3v) is 3.51. The number of nitrogens with zero attached hydrogens (tertiary/aromatic N) is 1. The highest BCUT2D eigenvalue weighted by atomic mass is 16.4. The van der Waals surface area contributed by atoms with Gasteiger partial charge >= 0.3 is 5.97 Å². The lowest BCUT2D eigenvalue weighted by Crippen LogP contribution is -2.25. The summed E-state index contributed by atoms with van der Waals surface area (Å²) < 4.78 is 1.93. The summed E-state index contributed by atoms with van der Waals surface area (Å²) in [7, 11) is 0. The van der Waals surface area contributed by atoms with E-state index in [1.54, 1.807) is 0 Å². The minimum atomic E-state index is -1.15. The molecule has 0 aliphatic heterocycles. The van der Waals surface area contributed by atoms with Gasteiger partial charge in [0.15, 0.2) is 5.43 Å². The summed E-state index contributed by atoms with van der Waals surface area (Å²) in [5.74, 6) is -1.15. The van der Waals surface area contributed by atoms with Gasteiger partial charge in [-0.2, -0.15) is 0 Å². The Morgan fingerprint density at radius 1 is 1.24 bits per heavy atom. The van der Waals surface area contributed by atoms with Crippen molar-refractivity contribution in [1.82, 2.24) is 4.57 Å².